The molecule has 1 aliphatic rings. The van der Waals surface area contributed by atoms with Crippen molar-refractivity contribution in [3.05, 3.63) is 34.3 Å². The minimum atomic E-state index is -0.326. The van der Waals surface area contributed by atoms with Crippen molar-refractivity contribution in [3.63, 3.8) is 0 Å². The zero-order chi connectivity index (χ0) is 10.2. The molecule has 0 heterocycles. The summed E-state index contributed by atoms with van der Waals surface area (Å²) in [5.41, 5.74) is 6.89. The summed E-state index contributed by atoms with van der Waals surface area (Å²) in [5.74, 6) is 0.518. The summed E-state index contributed by atoms with van der Waals surface area (Å²) in [6, 6.07) is 8.30. The maximum Gasteiger partial charge on any atom is 0.0611 e. The van der Waals surface area contributed by atoms with Crippen LogP contribution in [0.25, 0.3) is 0 Å². The van der Waals surface area contributed by atoms with Gasteiger partial charge in [-0.1, -0.05) is 28.1 Å². The first-order chi connectivity index (χ1) is 6.63. The average molecular weight is 256 g/mol. The Labute approximate surface area is 92.3 Å². The van der Waals surface area contributed by atoms with Gasteiger partial charge < -0.3 is 10.8 Å². The number of nitrogens with two attached hydrogens (primary N) is 1. The number of aliphatic hydroxyl groups is 1. The predicted octanol–water partition coefficient (Wildman–Crippen LogP) is 2.02. The smallest absolute Gasteiger partial charge is 0.0611 e. The number of benzene rings is 1. The third-order valence-corrected chi connectivity index (χ3v) is 3.43. The highest BCUT2D eigenvalue weighted by molar-refractivity contribution is 9.10. The Kier molecular flexibility index (Phi) is 2.64. The predicted molar refractivity (Wildman–Crippen MR) is 60.1 cm³/mol. The Morgan fingerprint density at radius 2 is 2.21 bits per heavy atom. The maximum atomic E-state index is 9.03. The van der Waals surface area contributed by atoms with E-state index in [1.54, 1.807) is 0 Å². The molecule has 0 saturated heterocycles. The van der Waals surface area contributed by atoms with Crippen LogP contribution in [0.3, 0.4) is 0 Å². The lowest BCUT2D eigenvalue weighted by molar-refractivity contribution is 0.106. The highest BCUT2D eigenvalue weighted by atomic mass is 79.9. The van der Waals surface area contributed by atoms with Crippen LogP contribution in [0.2, 0.25) is 0 Å². The van der Waals surface area contributed by atoms with Crippen molar-refractivity contribution in [1.82, 2.24) is 0 Å². The van der Waals surface area contributed by atoms with Crippen LogP contribution in [0.4, 0.5) is 0 Å². The molecule has 2 nitrogen and oxygen atoms in total. The molecule has 1 saturated carbocycles. The molecule has 3 N–H and O–H groups in total. The second kappa shape index (κ2) is 3.65. The number of halogens is 1. The van der Waals surface area contributed by atoms with Crippen LogP contribution >= 0.6 is 15.9 Å². The van der Waals surface area contributed by atoms with Crippen LogP contribution in [-0.4, -0.2) is 17.3 Å². The van der Waals surface area contributed by atoms with Gasteiger partial charge in [0, 0.05) is 10.0 Å². The van der Waals surface area contributed by atoms with Crippen molar-refractivity contribution < 1.29 is 5.11 Å². The Bertz CT molecular complexity index is 334. The van der Waals surface area contributed by atoms with E-state index in [1.807, 2.05) is 12.1 Å². The van der Waals surface area contributed by atoms with E-state index in [0.717, 1.165) is 17.3 Å². The van der Waals surface area contributed by atoms with E-state index in [9.17, 15) is 0 Å². The minimum absolute atomic E-state index is 0.0947. The Balaban J connectivity index is 2.06. The lowest BCUT2D eigenvalue weighted by atomic mass is 9.66. The van der Waals surface area contributed by atoms with Gasteiger partial charge in [0.1, 0.15) is 0 Å². The molecule has 1 aliphatic carbocycles. The van der Waals surface area contributed by atoms with E-state index in [2.05, 4.69) is 28.1 Å². The van der Waals surface area contributed by atoms with Crippen molar-refractivity contribution in [2.45, 2.75) is 24.3 Å². The lowest BCUT2D eigenvalue weighted by Gasteiger charge is -2.44. The summed E-state index contributed by atoms with van der Waals surface area (Å²) < 4.78 is 1.11. The zero-order valence-corrected chi connectivity index (χ0v) is 9.50. The topological polar surface area (TPSA) is 46.2 Å². The van der Waals surface area contributed by atoms with Crippen LogP contribution in [-0.2, 0) is 0 Å². The van der Waals surface area contributed by atoms with E-state index in [-0.39, 0.29) is 12.1 Å². The molecule has 0 aromatic heterocycles. The van der Waals surface area contributed by atoms with E-state index in [4.69, 9.17) is 10.8 Å². The summed E-state index contributed by atoms with van der Waals surface area (Å²) in [6.45, 7) is 0.0947. The molecule has 1 aromatic carbocycles. The molecule has 0 aliphatic heterocycles. The average Bonchev–Trinajstić information content (AvgIpc) is 2.13. The summed E-state index contributed by atoms with van der Waals surface area (Å²) in [7, 11) is 0. The second-order valence-corrected chi connectivity index (χ2v) is 5.10. The molecular formula is C11H14BrNO. The quantitative estimate of drug-likeness (QED) is 0.850. The Morgan fingerprint density at radius 1 is 1.50 bits per heavy atom. The molecule has 3 heteroatoms. The molecule has 76 valence electrons. The molecule has 0 radical (unpaired) electrons. The van der Waals surface area contributed by atoms with Crippen molar-refractivity contribution >= 4 is 15.9 Å². The fourth-order valence-corrected chi connectivity index (χ4v) is 2.46. The number of hydrogen-bond acceptors (Lipinski definition) is 2. The molecule has 2 rings (SSSR count). The number of hydrogen-bond donors (Lipinski definition) is 2. The summed E-state index contributed by atoms with van der Waals surface area (Å²) in [5, 5.41) is 9.03. The monoisotopic (exact) mass is 255 g/mol. The standard InChI is InChI=1S/C11H14BrNO/c12-10-3-1-2-8(4-10)9-5-11(13,6-9)7-14/h1-4,9,14H,5-7,13H2. The van der Waals surface area contributed by atoms with Gasteiger partial charge >= 0.3 is 0 Å². The highest BCUT2D eigenvalue weighted by Crippen LogP contribution is 2.43. The molecule has 0 bridgehead atoms. The van der Waals surface area contributed by atoms with Gasteiger partial charge in [-0.15, -0.1) is 0 Å². The van der Waals surface area contributed by atoms with Crippen LogP contribution in [0.1, 0.15) is 24.3 Å². The van der Waals surface area contributed by atoms with Crippen molar-refractivity contribution in [1.29, 1.82) is 0 Å². The van der Waals surface area contributed by atoms with Crippen LogP contribution in [0.15, 0.2) is 28.7 Å². The minimum Gasteiger partial charge on any atom is -0.394 e. The molecule has 0 amide bonds. The largest absolute Gasteiger partial charge is 0.394 e. The van der Waals surface area contributed by atoms with E-state index >= 15 is 0 Å². The fourth-order valence-electron chi connectivity index (χ4n) is 2.05. The molecular weight excluding hydrogens is 242 g/mol. The first kappa shape index (κ1) is 10.1. The summed E-state index contributed by atoms with van der Waals surface area (Å²) in [4.78, 5) is 0. The second-order valence-electron chi connectivity index (χ2n) is 4.18. The lowest BCUT2D eigenvalue weighted by Crippen LogP contribution is -2.53. The van der Waals surface area contributed by atoms with Crippen LogP contribution in [0.5, 0.6) is 0 Å². The van der Waals surface area contributed by atoms with E-state index in [1.165, 1.54) is 5.56 Å². The van der Waals surface area contributed by atoms with Gasteiger partial charge in [-0.25, -0.2) is 0 Å². The van der Waals surface area contributed by atoms with Gasteiger partial charge in [0.2, 0.25) is 0 Å². The van der Waals surface area contributed by atoms with Crippen molar-refractivity contribution in [2.24, 2.45) is 5.73 Å². The van der Waals surface area contributed by atoms with E-state index in [0.29, 0.717) is 5.92 Å². The molecule has 1 fully saturated rings. The number of rotatable bonds is 2. The molecule has 1 aromatic rings. The van der Waals surface area contributed by atoms with Crippen molar-refractivity contribution in [3.8, 4) is 0 Å². The van der Waals surface area contributed by atoms with Gasteiger partial charge in [0.15, 0.2) is 0 Å². The molecule has 0 atom stereocenters. The van der Waals surface area contributed by atoms with Gasteiger partial charge in [0.25, 0.3) is 0 Å². The first-order valence-electron chi connectivity index (χ1n) is 4.78. The number of aliphatic hydroxyl groups excluding tert-OH is 1. The van der Waals surface area contributed by atoms with Gasteiger partial charge in [0.05, 0.1) is 6.61 Å². The normalized spacial score (nSPS) is 31.2. The molecule has 14 heavy (non-hydrogen) atoms. The van der Waals surface area contributed by atoms with E-state index < -0.39 is 0 Å². The van der Waals surface area contributed by atoms with Crippen LogP contribution in [0, 0.1) is 0 Å². The Hall–Kier alpha value is -0.380. The third-order valence-electron chi connectivity index (χ3n) is 2.94. The maximum absolute atomic E-state index is 9.03. The first-order valence-corrected chi connectivity index (χ1v) is 5.57. The van der Waals surface area contributed by atoms with Gasteiger partial charge in [-0.3, -0.25) is 0 Å². The molecule has 0 unspecified atom stereocenters. The van der Waals surface area contributed by atoms with Crippen molar-refractivity contribution in [2.75, 3.05) is 6.61 Å². The third kappa shape index (κ3) is 1.85. The SMILES string of the molecule is NC1(CO)CC(c2cccc(Br)c2)C1. The summed E-state index contributed by atoms with van der Waals surface area (Å²) >= 11 is 3.45. The van der Waals surface area contributed by atoms with Crippen LogP contribution < -0.4 is 5.73 Å². The van der Waals surface area contributed by atoms with Gasteiger partial charge in [-0.05, 0) is 36.5 Å². The zero-order valence-electron chi connectivity index (χ0n) is 7.91. The fraction of sp³-hybridized carbons (Fsp3) is 0.455. The Morgan fingerprint density at radius 3 is 2.79 bits per heavy atom. The molecule has 0 spiro atoms. The van der Waals surface area contributed by atoms with Gasteiger partial charge in [-0.2, -0.15) is 0 Å². The summed E-state index contributed by atoms with van der Waals surface area (Å²) in [6.07, 6.45) is 1.78. The highest BCUT2D eigenvalue weighted by Gasteiger charge is 2.40.